The van der Waals surface area contributed by atoms with Gasteiger partial charge in [-0.2, -0.15) is 0 Å². The van der Waals surface area contributed by atoms with Crippen LogP contribution in [-0.4, -0.2) is 59.0 Å². The molecule has 0 amide bonds. The zero-order valence-corrected chi connectivity index (χ0v) is 39.1. The normalized spacial score (nSPS) is 24.0. The van der Waals surface area contributed by atoms with Crippen LogP contribution in [0.4, 0.5) is 0 Å². The fraction of sp³-hybridized carbons (Fsp3) is 0.421. The lowest BCUT2D eigenvalue weighted by Crippen LogP contribution is -2.54. The van der Waals surface area contributed by atoms with E-state index < -0.39 is 54.7 Å². The number of hydrogen-bond acceptors (Lipinski definition) is 11. The Morgan fingerprint density at radius 2 is 1.72 bits per heavy atom. The largest absolute Gasteiger partial charge is 0.482 e. The molecule has 9 rings (SSSR count). The minimum Gasteiger partial charge on any atom is -0.482 e. The molecule has 4 heterocycles. The van der Waals surface area contributed by atoms with Crippen molar-refractivity contribution in [2.45, 2.75) is 127 Å². The van der Waals surface area contributed by atoms with E-state index >= 15 is 4.79 Å². The van der Waals surface area contributed by atoms with E-state index in [1.807, 2.05) is 19.9 Å². The van der Waals surface area contributed by atoms with E-state index in [9.17, 15) is 24.9 Å². The Morgan fingerprint density at radius 1 is 0.897 bits per heavy atom. The van der Waals surface area contributed by atoms with E-state index in [-0.39, 0.29) is 78.3 Å². The molecule has 3 N–H and O–H groups in total. The molecule has 68 heavy (non-hydrogen) atoms. The van der Waals surface area contributed by atoms with Crippen molar-refractivity contribution < 1.29 is 48.3 Å². The minimum absolute atomic E-state index is 0.00578. The Labute approximate surface area is 397 Å². The maximum absolute atomic E-state index is 15.1. The molecule has 0 unspecified atom stereocenters. The molecule has 1 fully saturated rings. The van der Waals surface area contributed by atoms with Crippen LogP contribution in [0.5, 0.6) is 5.75 Å². The molecule has 11 nitrogen and oxygen atoms in total. The molecule has 1 aliphatic carbocycles. The lowest BCUT2D eigenvalue weighted by molar-refractivity contribution is -0.190. The number of hydrogen-bond donors (Lipinski definition) is 3. The number of benzene rings is 4. The van der Waals surface area contributed by atoms with Crippen LogP contribution in [0.1, 0.15) is 140 Å². The number of carbonyl (C=O) groups excluding carboxylic acids is 2. The summed E-state index contributed by atoms with van der Waals surface area (Å²) in [7, 11) is 0. The van der Waals surface area contributed by atoms with Crippen molar-refractivity contribution >= 4 is 22.9 Å². The quantitative estimate of drug-likeness (QED) is 0.0403. The van der Waals surface area contributed by atoms with Gasteiger partial charge < -0.3 is 38.7 Å². The van der Waals surface area contributed by atoms with E-state index in [1.165, 1.54) is 22.3 Å². The number of aliphatic hydroxyl groups excluding tert-OH is 3. The van der Waals surface area contributed by atoms with E-state index in [1.54, 1.807) is 19.1 Å². The lowest BCUT2D eigenvalue weighted by atomic mass is 9.67. The number of rotatable bonds is 10. The van der Waals surface area contributed by atoms with E-state index in [2.05, 4.69) is 78.6 Å². The highest BCUT2D eigenvalue weighted by Crippen LogP contribution is 2.51. The monoisotopic (exact) mass is 920 g/mol. The van der Waals surface area contributed by atoms with Crippen LogP contribution >= 0.6 is 0 Å². The topological polar surface area (TPSA) is 162 Å². The van der Waals surface area contributed by atoms with E-state index in [0.29, 0.717) is 30.2 Å². The Hall–Kier alpha value is -6.03. The molecule has 4 aliphatic rings. The van der Waals surface area contributed by atoms with Crippen LogP contribution < -0.4 is 10.4 Å². The van der Waals surface area contributed by atoms with Gasteiger partial charge >= 0.3 is 17.6 Å². The van der Waals surface area contributed by atoms with Crippen LogP contribution in [0, 0.1) is 17.8 Å². The predicted octanol–water partition coefficient (Wildman–Crippen LogP) is 8.95. The summed E-state index contributed by atoms with van der Waals surface area (Å²) in [5.41, 5.74) is 6.75. The van der Waals surface area contributed by atoms with Gasteiger partial charge in [-0.3, -0.25) is 4.79 Å². The molecule has 1 saturated carbocycles. The maximum atomic E-state index is 15.1. The van der Waals surface area contributed by atoms with Gasteiger partial charge in [-0.25, -0.2) is 9.59 Å². The third kappa shape index (κ3) is 9.52. The average Bonchev–Trinajstić information content (AvgIpc) is 3.32. The highest BCUT2D eigenvalue weighted by molar-refractivity contribution is 5.90. The van der Waals surface area contributed by atoms with Crippen molar-refractivity contribution in [2.24, 2.45) is 5.92 Å². The molecule has 5 aromatic rings. The fourth-order valence-electron chi connectivity index (χ4n) is 11.3. The van der Waals surface area contributed by atoms with Crippen LogP contribution in [-0.2, 0) is 49.7 Å². The van der Waals surface area contributed by atoms with Gasteiger partial charge in [0.1, 0.15) is 18.1 Å². The summed E-state index contributed by atoms with van der Waals surface area (Å²) in [5.74, 6) is 5.37. The standard InChI is InChI=1S/C57H60O11/c1-34(2)43-18-15-36-16-19-44-40(27-36)13-7-8-24-57(3)54(67-55(43)62)53(51-48(68-57)22-21-46-47(31-59)50(56(63)66-52(46)51)41(23-25-58)32-64-33-60)65-49(61)30-42-29-39(17-20-45(42)44)38-14-9-12-37(28-38)26-35-10-5-4-6-11-35/h4-6,9-12,14,16,19,21-22,27-28,39,41-42,45,53-54,58-60H,13,15,17-18,20,23-26,29-33H2,1-3H3/t39-,41+,42+,45+,53+,54-,57+/m0/s1. The molecule has 0 radical (unpaired) electrons. The number of esters is 2. The van der Waals surface area contributed by atoms with Crippen molar-refractivity contribution in [3.05, 3.63) is 157 Å². The molecule has 1 aromatic heterocycles. The number of ether oxygens (including phenoxy) is 4. The number of aryl methyl sites for hydroxylation is 1. The molecule has 0 saturated heterocycles. The molecular weight excluding hydrogens is 861 g/mol. The number of aliphatic hydroxyl groups is 3. The first-order valence-electron chi connectivity index (χ1n) is 24.0. The summed E-state index contributed by atoms with van der Waals surface area (Å²) in [6, 6.07) is 29.2. The zero-order valence-electron chi connectivity index (χ0n) is 39.1. The first kappa shape index (κ1) is 47.1. The van der Waals surface area contributed by atoms with Crippen molar-refractivity contribution in [3.63, 3.8) is 0 Å². The molecule has 7 atom stereocenters. The molecule has 354 valence electrons. The molecule has 11 heteroatoms. The molecule has 5 bridgehead atoms. The third-order valence-corrected chi connectivity index (χ3v) is 14.7. The average molecular weight is 921 g/mol. The van der Waals surface area contributed by atoms with E-state index in [0.717, 1.165) is 42.4 Å². The lowest BCUT2D eigenvalue weighted by Gasteiger charge is -2.45. The summed E-state index contributed by atoms with van der Waals surface area (Å²) in [4.78, 5) is 43.9. The maximum Gasteiger partial charge on any atom is 0.340 e. The van der Waals surface area contributed by atoms with Crippen LogP contribution in [0.3, 0.4) is 0 Å². The van der Waals surface area contributed by atoms with Crippen molar-refractivity contribution in [2.75, 3.05) is 20.0 Å². The molecule has 4 aromatic carbocycles. The minimum atomic E-state index is -1.35. The highest BCUT2D eigenvalue weighted by Gasteiger charge is 2.53. The van der Waals surface area contributed by atoms with Crippen LogP contribution in [0.25, 0.3) is 11.0 Å². The first-order valence-corrected chi connectivity index (χ1v) is 24.0. The smallest absolute Gasteiger partial charge is 0.340 e. The SMILES string of the molecule is CC(C)=C1CCc2ccc3c(c2)CC#CC[C@@]2(C)Oc4ccc5c(CO)c([C@H](CCO)COCO)c(=O)oc5c4[C@@H](OC(=O)C[C@H]4C[C@@H](c5cccc(Cc6ccccc6)c5)CC[C@@H]34)[C@@H]2OC1=O. The van der Waals surface area contributed by atoms with Crippen molar-refractivity contribution in [1.82, 2.24) is 0 Å². The van der Waals surface area contributed by atoms with E-state index in [4.69, 9.17) is 23.4 Å². The Balaban J connectivity index is 1.19. The third-order valence-electron chi connectivity index (χ3n) is 14.7. The summed E-state index contributed by atoms with van der Waals surface area (Å²) in [5, 5.41) is 30.7. The van der Waals surface area contributed by atoms with Crippen molar-refractivity contribution in [3.8, 4) is 17.6 Å². The van der Waals surface area contributed by atoms with Gasteiger partial charge in [0.2, 0.25) is 0 Å². The second-order valence-electron chi connectivity index (χ2n) is 19.4. The molecular formula is C57H60O11. The Bertz CT molecular complexity index is 2850. The van der Waals surface area contributed by atoms with Gasteiger partial charge in [0.15, 0.2) is 17.8 Å². The zero-order chi connectivity index (χ0) is 47.5. The van der Waals surface area contributed by atoms with Crippen LogP contribution in [0.15, 0.2) is 105 Å². The van der Waals surface area contributed by atoms with Gasteiger partial charge in [-0.05, 0) is 135 Å². The van der Waals surface area contributed by atoms with Gasteiger partial charge in [-0.15, -0.1) is 0 Å². The Morgan fingerprint density at radius 3 is 2.50 bits per heavy atom. The summed E-state index contributed by atoms with van der Waals surface area (Å²) < 4.78 is 31.7. The predicted molar refractivity (Wildman–Crippen MR) is 256 cm³/mol. The number of fused-ring (bicyclic) bond motifs is 9. The summed E-state index contributed by atoms with van der Waals surface area (Å²) in [6.45, 7) is 3.95. The Kier molecular flexibility index (Phi) is 14.0. The van der Waals surface area contributed by atoms with Crippen molar-refractivity contribution in [1.29, 1.82) is 0 Å². The number of carbonyl (C=O) groups is 2. The van der Waals surface area contributed by atoms with Gasteiger partial charge in [0.25, 0.3) is 0 Å². The fourth-order valence-corrected chi connectivity index (χ4v) is 11.3. The highest BCUT2D eigenvalue weighted by atomic mass is 16.6. The van der Waals surface area contributed by atoms with Gasteiger partial charge in [0.05, 0.1) is 25.2 Å². The summed E-state index contributed by atoms with van der Waals surface area (Å²) in [6.07, 6.45) is 2.51. The van der Waals surface area contributed by atoms with Gasteiger partial charge in [-0.1, -0.05) is 90.2 Å². The summed E-state index contributed by atoms with van der Waals surface area (Å²) >= 11 is 0. The first-order chi connectivity index (χ1) is 33.0. The second kappa shape index (κ2) is 20.3. The number of allylic oxidation sites excluding steroid dienone is 1. The second-order valence-corrected chi connectivity index (χ2v) is 19.4. The molecule has 3 aliphatic heterocycles. The molecule has 0 spiro atoms. The van der Waals surface area contributed by atoms with Gasteiger partial charge in [0, 0.05) is 41.9 Å². The van der Waals surface area contributed by atoms with Crippen LogP contribution in [0.2, 0.25) is 0 Å².